The summed E-state index contributed by atoms with van der Waals surface area (Å²) in [7, 11) is 1.58. The predicted octanol–water partition coefficient (Wildman–Crippen LogP) is 3.98. The summed E-state index contributed by atoms with van der Waals surface area (Å²) in [5, 5.41) is 8.67. The summed E-state index contributed by atoms with van der Waals surface area (Å²) in [4.78, 5) is 37.7. The van der Waals surface area contributed by atoms with Crippen molar-refractivity contribution in [2.45, 2.75) is 51.2 Å². The van der Waals surface area contributed by atoms with Gasteiger partial charge < -0.3 is 20.1 Å². The van der Waals surface area contributed by atoms with Gasteiger partial charge in [0.1, 0.15) is 11.4 Å². The molecule has 1 aliphatic heterocycles. The number of amides is 3. The van der Waals surface area contributed by atoms with Crippen LogP contribution in [0.4, 0.5) is 4.79 Å². The molecule has 1 saturated heterocycles. The molecule has 3 rings (SSSR count). The third-order valence-electron chi connectivity index (χ3n) is 6.20. The minimum Gasteiger partial charge on any atom is -0.497 e. The van der Waals surface area contributed by atoms with Crippen LogP contribution in [0.2, 0.25) is 0 Å². The van der Waals surface area contributed by atoms with Gasteiger partial charge in [-0.25, -0.2) is 4.79 Å². The Morgan fingerprint density at radius 1 is 1.03 bits per heavy atom. The summed E-state index contributed by atoms with van der Waals surface area (Å²) in [5.41, 5.74) is 0.643. The smallest absolute Gasteiger partial charge is 0.414 e. The van der Waals surface area contributed by atoms with Gasteiger partial charge in [0, 0.05) is 11.5 Å². The van der Waals surface area contributed by atoms with Crippen LogP contribution in [0.5, 0.6) is 5.75 Å². The molecule has 8 heteroatoms. The summed E-state index contributed by atoms with van der Waals surface area (Å²) in [6.07, 6.45) is 1.68. The number of hydrogen-bond donors (Lipinski definition) is 3. The SMILES string of the molecule is COc1ccc(C(=O)NC(CCC(C)(C)OC(=O)NC(=O)C2CCNCC2)c2ccccc2)cc1. The van der Waals surface area contributed by atoms with E-state index in [1.54, 1.807) is 45.2 Å². The molecule has 1 unspecified atom stereocenters. The van der Waals surface area contributed by atoms with Gasteiger partial charge in [-0.3, -0.25) is 14.9 Å². The Balaban J connectivity index is 1.59. The zero-order valence-corrected chi connectivity index (χ0v) is 20.6. The lowest BCUT2D eigenvalue weighted by atomic mass is 9.94. The van der Waals surface area contributed by atoms with Crippen molar-refractivity contribution in [2.75, 3.05) is 20.2 Å². The number of carbonyl (C=O) groups excluding carboxylic acids is 3. The largest absolute Gasteiger partial charge is 0.497 e. The van der Waals surface area contributed by atoms with Gasteiger partial charge >= 0.3 is 6.09 Å². The molecule has 2 aromatic rings. The average Bonchev–Trinajstić information content (AvgIpc) is 2.87. The van der Waals surface area contributed by atoms with E-state index in [4.69, 9.17) is 9.47 Å². The minimum atomic E-state index is -0.837. The van der Waals surface area contributed by atoms with Crippen molar-refractivity contribution < 1.29 is 23.9 Å². The first-order valence-corrected chi connectivity index (χ1v) is 12.0. The van der Waals surface area contributed by atoms with Crippen molar-refractivity contribution in [3.8, 4) is 5.75 Å². The number of methoxy groups -OCH3 is 1. The highest BCUT2D eigenvalue weighted by Crippen LogP contribution is 2.26. The Labute approximate surface area is 206 Å². The van der Waals surface area contributed by atoms with Crippen molar-refractivity contribution >= 4 is 17.9 Å². The average molecular weight is 482 g/mol. The molecular formula is C27H35N3O5. The monoisotopic (exact) mass is 481 g/mol. The van der Waals surface area contributed by atoms with E-state index in [1.807, 2.05) is 30.3 Å². The highest BCUT2D eigenvalue weighted by Gasteiger charge is 2.28. The molecule has 0 aromatic heterocycles. The standard InChI is InChI=1S/C27H35N3O5/c1-27(2,35-26(33)30-25(32)21-14-17-28-18-15-21)16-13-23(19-7-5-4-6-8-19)29-24(31)20-9-11-22(34-3)12-10-20/h4-12,21,23,28H,13-18H2,1-3H3,(H,29,31)(H,30,32,33). The van der Waals surface area contributed by atoms with Crippen LogP contribution in [0, 0.1) is 5.92 Å². The number of alkyl carbamates (subject to hydrolysis) is 1. The number of imide groups is 1. The van der Waals surface area contributed by atoms with Crippen LogP contribution >= 0.6 is 0 Å². The first kappa shape index (κ1) is 26.2. The molecule has 0 bridgehead atoms. The molecule has 3 amide bonds. The molecule has 1 atom stereocenters. The van der Waals surface area contributed by atoms with E-state index < -0.39 is 11.7 Å². The molecule has 1 aliphatic rings. The normalized spacial score (nSPS) is 15.1. The topological polar surface area (TPSA) is 106 Å². The van der Waals surface area contributed by atoms with Gasteiger partial charge in [0.15, 0.2) is 0 Å². The second-order valence-corrected chi connectivity index (χ2v) is 9.37. The fraction of sp³-hybridized carbons (Fsp3) is 0.444. The lowest BCUT2D eigenvalue weighted by Crippen LogP contribution is -2.43. The predicted molar refractivity (Wildman–Crippen MR) is 133 cm³/mol. The van der Waals surface area contributed by atoms with Gasteiger partial charge in [-0.15, -0.1) is 0 Å². The highest BCUT2D eigenvalue weighted by atomic mass is 16.6. The molecule has 2 aromatic carbocycles. The number of piperidine rings is 1. The van der Waals surface area contributed by atoms with Crippen molar-refractivity contribution in [3.05, 3.63) is 65.7 Å². The van der Waals surface area contributed by atoms with Gasteiger partial charge in [0.2, 0.25) is 5.91 Å². The van der Waals surface area contributed by atoms with Crippen LogP contribution in [0.25, 0.3) is 0 Å². The van der Waals surface area contributed by atoms with E-state index in [0.29, 0.717) is 37.0 Å². The summed E-state index contributed by atoms with van der Waals surface area (Å²) in [5.74, 6) is 0.00580. The van der Waals surface area contributed by atoms with E-state index in [0.717, 1.165) is 18.7 Å². The molecule has 1 fully saturated rings. The molecule has 8 nitrogen and oxygen atoms in total. The second kappa shape index (κ2) is 12.4. The quantitative estimate of drug-likeness (QED) is 0.500. The lowest BCUT2D eigenvalue weighted by molar-refractivity contribution is -0.125. The van der Waals surface area contributed by atoms with Crippen molar-refractivity contribution in [3.63, 3.8) is 0 Å². The van der Waals surface area contributed by atoms with Crippen molar-refractivity contribution in [1.29, 1.82) is 0 Å². The van der Waals surface area contributed by atoms with E-state index in [2.05, 4.69) is 16.0 Å². The Kier molecular flexibility index (Phi) is 9.25. The van der Waals surface area contributed by atoms with Gasteiger partial charge in [-0.2, -0.15) is 0 Å². The first-order chi connectivity index (χ1) is 16.8. The van der Waals surface area contributed by atoms with Gasteiger partial charge in [0.25, 0.3) is 5.91 Å². The number of nitrogens with one attached hydrogen (secondary N) is 3. The van der Waals surface area contributed by atoms with E-state index in [9.17, 15) is 14.4 Å². The van der Waals surface area contributed by atoms with Crippen LogP contribution in [-0.2, 0) is 9.53 Å². The van der Waals surface area contributed by atoms with Gasteiger partial charge in [-0.1, -0.05) is 30.3 Å². The van der Waals surface area contributed by atoms with Gasteiger partial charge in [-0.05, 0) is 82.4 Å². The zero-order chi connectivity index (χ0) is 25.3. The maximum atomic E-state index is 12.9. The third kappa shape index (κ3) is 8.10. The molecule has 0 aliphatic carbocycles. The minimum absolute atomic E-state index is 0.178. The van der Waals surface area contributed by atoms with Crippen molar-refractivity contribution in [2.24, 2.45) is 5.92 Å². The molecule has 0 saturated carbocycles. The maximum Gasteiger partial charge on any atom is 0.414 e. The van der Waals surface area contributed by atoms with E-state index >= 15 is 0 Å². The molecule has 35 heavy (non-hydrogen) atoms. The number of carbonyl (C=O) groups is 3. The fourth-order valence-corrected chi connectivity index (χ4v) is 4.10. The maximum absolute atomic E-state index is 12.9. The molecule has 188 valence electrons. The summed E-state index contributed by atoms with van der Waals surface area (Å²) < 4.78 is 10.8. The summed E-state index contributed by atoms with van der Waals surface area (Å²) >= 11 is 0. The number of benzene rings is 2. The second-order valence-electron chi connectivity index (χ2n) is 9.37. The Morgan fingerprint density at radius 2 is 1.69 bits per heavy atom. The van der Waals surface area contributed by atoms with Crippen LogP contribution in [0.15, 0.2) is 54.6 Å². The molecule has 0 spiro atoms. The third-order valence-corrected chi connectivity index (χ3v) is 6.20. The lowest BCUT2D eigenvalue weighted by Gasteiger charge is -2.28. The Morgan fingerprint density at radius 3 is 2.31 bits per heavy atom. The summed E-state index contributed by atoms with van der Waals surface area (Å²) in [6.45, 7) is 5.13. The molecule has 1 heterocycles. The zero-order valence-electron chi connectivity index (χ0n) is 20.6. The van der Waals surface area contributed by atoms with E-state index in [1.165, 1.54) is 0 Å². The van der Waals surface area contributed by atoms with Crippen LogP contribution in [-0.4, -0.2) is 43.7 Å². The number of rotatable bonds is 9. The summed E-state index contributed by atoms with van der Waals surface area (Å²) in [6, 6.07) is 16.3. The first-order valence-electron chi connectivity index (χ1n) is 12.0. The van der Waals surface area contributed by atoms with Crippen molar-refractivity contribution in [1.82, 2.24) is 16.0 Å². The number of hydrogen-bond acceptors (Lipinski definition) is 6. The van der Waals surface area contributed by atoms with E-state index in [-0.39, 0.29) is 23.8 Å². The fourth-order valence-electron chi connectivity index (χ4n) is 4.10. The van der Waals surface area contributed by atoms with Gasteiger partial charge in [0.05, 0.1) is 13.2 Å². The Hall–Kier alpha value is -3.39. The van der Waals surface area contributed by atoms with Crippen LogP contribution in [0.1, 0.15) is 61.5 Å². The van der Waals surface area contributed by atoms with Crippen LogP contribution in [0.3, 0.4) is 0 Å². The van der Waals surface area contributed by atoms with Crippen LogP contribution < -0.4 is 20.7 Å². The molecular weight excluding hydrogens is 446 g/mol. The Bertz CT molecular complexity index is 986. The highest BCUT2D eigenvalue weighted by molar-refractivity contribution is 5.94. The molecule has 0 radical (unpaired) electrons. The molecule has 3 N–H and O–H groups in total. The number of ether oxygens (including phenoxy) is 2.